The molecule has 0 bridgehead atoms. The Bertz CT molecular complexity index is 2780. The van der Waals surface area contributed by atoms with Crippen LogP contribution in [-0.2, 0) is 30.7 Å². The first-order valence-corrected chi connectivity index (χ1v) is 18.4. The molecular formula is C44H37N9O2. The number of nitrogens with zero attached hydrogens (tertiary/aromatic N) is 8. The van der Waals surface area contributed by atoms with E-state index in [1.165, 1.54) is 17.0 Å². The van der Waals surface area contributed by atoms with Gasteiger partial charge in [-0.25, -0.2) is 4.79 Å². The van der Waals surface area contributed by atoms with Gasteiger partial charge in [-0.05, 0) is 110 Å². The molecule has 0 atom stereocenters. The Morgan fingerprint density at radius 2 is 1.35 bits per heavy atom. The van der Waals surface area contributed by atoms with E-state index in [4.69, 9.17) is 26.0 Å². The summed E-state index contributed by atoms with van der Waals surface area (Å²) in [6.07, 6.45) is 12.4. The van der Waals surface area contributed by atoms with Gasteiger partial charge < -0.3 is 10.8 Å². The molecule has 0 fully saturated rings. The third-order valence-corrected chi connectivity index (χ3v) is 10.2. The van der Waals surface area contributed by atoms with Crippen molar-refractivity contribution in [2.45, 2.75) is 45.7 Å². The van der Waals surface area contributed by atoms with Crippen molar-refractivity contribution in [2.24, 2.45) is 0 Å². The Kier molecular flexibility index (Phi) is 8.66. The molecule has 2 aromatic carbocycles. The number of anilines is 1. The Labute approximate surface area is 316 Å². The zero-order chi connectivity index (χ0) is 37.5. The van der Waals surface area contributed by atoms with Crippen molar-refractivity contribution in [1.82, 2.24) is 39.5 Å². The summed E-state index contributed by atoms with van der Waals surface area (Å²) in [5.41, 5.74) is 20.8. The first kappa shape index (κ1) is 33.8. The molecule has 0 unspecified atom stereocenters. The maximum Gasteiger partial charge on any atom is 0.328 e. The summed E-state index contributed by atoms with van der Waals surface area (Å²) >= 11 is 0. The minimum Gasteiger partial charge on any atom is -0.478 e. The number of benzene rings is 2. The summed E-state index contributed by atoms with van der Waals surface area (Å²) in [5, 5.41) is 20.8. The second-order valence-electron chi connectivity index (χ2n) is 13.8. The predicted octanol–water partition coefficient (Wildman–Crippen LogP) is 8.20. The summed E-state index contributed by atoms with van der Waals surface area (Å²) in [4.78, 5) is 29.1. The molecule has 0 saturated carbocycles. The maximum atomic E-state index is 10.8. The number of aromatic nitrogens is 8. The van der Waals surface area contributed by atoms with Crippen LogP contribution in [-0.4, -0.2) is 50.6 Å². The highest BCUT2D eigenvalue weighted by Gasteiger charge is 2.27. The van der Waals surface area contributed by atoms with E-state index in [2.05, 4.69) is 30.4 Å². The van der Waals surface area contributed by atoms with Crippen LogP contribution in [0.4, 0.5) is 5.69 Å². The highest BCUT2D eigenvalue weighted by Crippen LogP contribution is 2.41. The molecular weight excluding hydrogens is 687 g/mol. The Morgan fingerprint density at radius 1 is 0.709 bits per heavy atom. The summed E-state index contributed by atoms with van der Waals surface area (Å²) in [6, 6.07) is 27.8. The molecule has 11 heteroatoms. The number of nitrogen functional groups attached to an aromatic ring is 1. The van der Waals surface area contributed by atoms with Gasteiger partial charge in [0.1, 0.15) is 11.4 Å². The fourth-order valence-corrected chi connectivity index (χ4v) is 7.80. The van der Waals surface area contributed by atoms with E-state index in [9.17, 15) is 4.79 Å². The van der Waals surface area contributed by atoms with E-state index in [0.29, 0.717) is 0 Å². The molecule has 270 valence electrons. The van der Waals surface area contributed by atoms with Crippen molar-refractivity contribution >= 4 is 39.5 Å². The fraction of sp³-hybridized carbons (Fsp3) is 0.159. The predicted molar refractivity (Wildman–Crippen MR) is 215 cm³/mol. The van der Waals surface area contributed by atoms with Crippen molar-refractivity contribution in [1.29, 1.82) is 0 Å². The highest BCUT2D eigenvalue weighted by molar-refractivity contribution is 6.01. The number of hydrogen-bond donors (Lipinski definition) is 2. The van der Waals surface area contributed by atoms with Crippen LogP contribution in [0.1, 0.15) is 35.5 Å². The lowest BCUT2D eigenvalue weighted by Crippen LogP contribution is -1.95. The lowest BCUT2D eigenvalue weighted by atomic mass is 9.96. The van der Waals surface area contributed by atoms with Crippen LogP contribution in [0.3, 0.4) is 0 Å². The van der Waals surface area contributed by atoms with E-state index in [0.717, 1.165) is 123 Å². The molecule has 55 heavy (non-hydrogen) atoms. The number of fused-ring (bicyclic) bond motifs is 4. The van der Waals surface area contributed by atoms with Gasteiger partial charge in [0.25, 0.3) is 0 Å². The molecule has 0 aliphatic carbocycles. The third-order valence-electron chi connectivity index (χ3n) is 10.2. The standard InChI is InChI=1S/C24H20N4O2.C20H17N5/c1-15-4-2-5-19(26-15)24-23(21-6-3-13-28(21)27-24)18-11-12-25-20-14-16(7-9-17(18)20)8-10-22(29)30;21-13-6-7-14-15(8-10-23-17(14)12-13)19-18-5-3-11-25(18)24-20(19)16-4-1-2-9-22-16/h2,4-5,7-12,14H,3,6,13H2,1H3,(H,29,30);1-2,4,6-10,12H,3,5,11,21H2. The fourth-order valence-electron chi connectivity index (χ4n) is 7.80. The Morgan fingerprint density at radius 3 is 1.98 bits per heavy atom. The summed E-state index contributed by atoms with van der Waals surface area (Å²) in [7, 11) is 0. The van der Waals surface area contributed by atoms with Gasteiger partial charge in [0, 0.05) is 82.4 Å². The minimum atomic E-state index is -0.970. The van der Waals surface area contributed by atoms with Gasteiger partial charge in [-0.2, -0.15) is 10.2 Å². The molecule has 0 amide bonds. The van der Waals surface area contributed by atoms with E-state index in [1.54, 1.807) is 12.3 Å². The molecule has 8 heterocycles. The summed E-state index contributed by atoms with van der Waals surface area (Å²) in [6.45, 7) is 3.87. The van der Waals surface area contributed by atoms with Gasteiger partial charge in [-0.1, -0.05) is 30.3 Å². The monoisotopic (exact) mass is 723 g/mol. The van der Waals surface area contributed by atoms with Crippen molar-refractivity contribution < 1.29 is 9.90 Å². The maximum absolute atomic E-state index is 10.8. The SMILES string of the molecule is Cc1cccc(-c2nn3c(c2-c2ccnc4cc(C=CC(=O)O)ccc24)CCC3)n1.Nc1ccc2c(-c3c(-c4ccccn4)nn4c3CCC4)ccnc2c1. The largest absolute Gasteiger partial charge is 0.478 e. The van der Waals surface area contributed by atoms with Gasteiger partial charge in [0.05, 0.1) is 22.4 Å². The topological polar surface area (TPSA) is 151 Å². The van der Waals surface area contributed by atoms with Crippen molar-refractivity contribution in [3.05, 3.63) is 132 Å². The van der Waals surface area contributed by atoms with Crippen LogP contribution in [0, 0.1) is 6.92 Å². The van der Waals surface area contributed by atoms with Crippen LogP contribution in [0.15, 0.2) is 110 Å². The van der Waals surface area contributed by atoms with E-state index < -0.39 is 5.97 Å². The second kappa shape index (κ2) is 14.1. The van der Waals surface area contributed by atoms with Crippen LogP contribution in [0.2, 0.25) is 0 Å². The molecule has 10 rings (SSSR count). The van der Waals surface area contributed by atoms with Gasteiger partial charge in [-0.15, -0.1) is 0 Å². The molecule has 0 radical (unpaired) electrons. The second-order valence-corrected chi connectivity index (χ2v) is 13.8. The molecule has 6 aromatic heterocycles. The number of pyridine rings is 4. The van der Waals surface area contributed by atoms with Crippen LogP contribution in [0.5, 0.6) is 0 Å². The van der Waals surface area contributed by atoms with Crippen molar-refractivity contribution in [3.8, 4) is 45.0 Å². The van der Waals surface area contributed by atoms with Gasteiger partial charge in [0.15, 0.2) is 0 Å². The summed E-state index contributed by atoms with van der Waals surface area (Å²) in [5.74, 6) is -0.970. The first-order chi connectivity index (χ1) is 26.9. The Hall–Kier alpha value is -7.01. The smallest absolute Gasteiger partial charge is 0.328 e. The lowest BCUT2D eigenvalue weighted by Gasteiger charge is -2.09. The normalized spacial score (nSPS) is 13.3. The molecule has 0 saturated heterocycles. The van der Waals surface area contributed by atoms with Crippen LogP contribution < -0.4 is 5.73 Å². The minimum absolute atomic E-state index is 0.724. The lowest BCUT2D eigenvalue weighted by molar-refractivity contribution is -0.131. The Balaban J connectivity index is 0.000000147. The summed E-state index contributed by atoms with van der Waals surface area (Å²) < 4.78 is 4.23. The van der Waals surface area contributed by atoms with Gasteiger partial charge in [0.2, 0.25) is 0 Å². The number of carboxylic acids is 1. The molecule has 11 nitrogen and oxygen atoms in total. The quantitative estimate of drug-likeness (QED) is 0.128. The number of aryl methyl sites for hydroxylation is 3. The van der Waals surface area contributed by atoms with E-state index in [-0.39, 0.29) is 0 Å². The number of hydrogen-bond acceptors (Lipinski definition) is 8. The van der Waals surface area contributed by atoms with Gasteiger partial charge >= 0.3 is 5.97 Å². The molecule has 8 aromatic rings. The number of aliphatic carboxylic acids is 1. The van der Waals surface area contributed by atoms with Crippen molar-refractivity contribution in [3.63, 3.8) is 0 Å². The average molecular weight is 724 g/mol. The van der Waals surface area contributed by atoms with Crippen molar-refractivity contribution in [2.75, 3.05) is 5.73 Å². The molecule has 3 N–H and O–H groups in total. The first-order valence-electron chi connectivity index (χ1n) is 18.4. The number of nitrogens with two attached hydrogens (primary N) is 1. The van der Waals surface area contributed by atoms with E-state index in [1.807, 2.05) is 98.2 Å². The number of rotatable bonds is 6. The van der Waals surface area contributed by atoms with Crippen LogP contribution in [0.25, 0.3) is 72.9 Å². The number of carboxylic acid groups (broad SMARTS) is 1. The average Bonchev–Trinajstić information content (AvgIpc) is 3.99. The van der Waals surface area contributed by atoms with Gasteiger partial charge in [-0.3, -0.25) is 29.3 Å². The van der Waals surface area contributed by atoms with E-state index >= 15 is 0 Å². The molecule has 2 aliphatic rings. The third kappa shape index (κ3) is 6.39. The zero-order valence-electron chi connectivity index (χ0n) is 30.2. The molecule has 2 aliphatic heterocycles. The highest BCUT2D eigenvalue weighted by atomic mass is 16.4. The zero-order valence-corrected chi connectivity index (χ0v) is 30.2. The number of carbonyl (C=O) groups is 1. The molecule has 0 spiro atoms. The van der Waals surface area contributed by atoms with Crippen LogP contribution >= 0.6 is 0 Å².